The van der Waals surface area contributed by atoms with E-state index in [1.54, 1.807) is 24.4 Å². The van der Waals surface area contributed by atoms with Crippen molar-refractivity contribution < 1.29 is 9.53 Å². The van der Waals surface area contributed by atoms with Gasteiger partial charge in [0.05, 0.1) is 12.0 Å². The van der Waals surface area contributed by atoms with Gasteiger partial charge in [-0.05, 0) is 38.1 Å². The fraction of sp³-hybridized carbons (Fsp3) is 0.571. The number of nitrogens with zero attached hydrogens (tertiary/aromatic N) is 2. The van der Waals surface area contributed by atoms with E-state index in [9.17, 15) is 4.79 Å². The molecule has 0 aromatic carbocycles. The van der Waals surface area contributed by atoms with Gasteiger partial charge in [0.25, 0.3) is 0 Å². The lowest BCUT2D eigenvalue weighted by Gasteiger charge is -2.38. The largest absolute Gasteiger partial charge is 0.384 e. The minimum absolute atomic E-state index is 0.127. The van der Waals surface area contributed by atoms with Crippen molar-refractivity contribution in [2.24, 2.45) is 5.41 Å². The van der Waals surface area contributed by atoms with E-state index in [2.05, 4.69) is 10.3 Å². The van der Waals surface area contributed by atoms with Gasteiger partial charge < -0.3 is 15.0 Å². The summed E-state index contributed by atoms with van der Waals surface area (Å²) in [5.74, 6) is 0.127. The van der Waals surface area contributed by atoms with Crippen LogP contribution in [0.2, 0.25) is 0 Å². The highest BCUT2D eigenvalue weighted by atomic mass is 16.5. The molecule has 0 radical (unpaired) electrons. The van der Waals surface area contributed by atoms with Crippen molar-refractivity contribution >= 4 is 11.6 Å². The quantitative estimate of drug-likeness (QED) is 0.882. The summed E-state index contributed by atoms with van der Waals surface area (Å²) < 4.78 is 5.30. The zero-order chi connectivity index (χ0) is 13.7. The number of hydrogen-bond donors (Lipinski definition) is 1. The number of piperidine rings is 1. The Kier molecular flexibility index (Phi) is 4.50. The minimum atomic E-state index is -0.405. The predicted octanol–water partition coefficient (Wildman–Crippen LogP) is 1.06. The van der Waals surface area contributed by atoms with E-state index in [4.69, 9.17) is 4.74 Å². The van der Waals surface area contributed by atoms with Crippen LogP contribution >= 0.6 is 0 Å². The lowest BCUT2D eigenvalue weighted by Crippen LogP contribution is -2.50. The molecule has 2 rings (SSSR count). The zero-order valence-electron chi connectivity index (χ0n) is 11.6. The summed E-state index contributed by atoms with van der Waals surface area (Å²) >= 11 is 0. The van der Waals surface area contributed by atoms with Crippen molar-refractivity contribution in [2.45, 2.75) is 12.8 Å². The number of pyridine rings is 1. The molecule has 1 aliphatic heterocycles. The second kappa shape index (κ2) is 6.12. The molecule has 1 fully saturated rings. The van der Waals surface area contributed by atoms with Gasteiger partial charge >= 0.3 is 0 Å². The molecule has 5 heteroatoms. The summed E-state index contributed by atoms with van der Waals surface area (Å²) in [4.78, 5) is 18.5. The van der Waals surface area contributed by atoms with Crippen LogP contribution in [0.3, 0.4) is 0 Å². The molecule has 0 bridgehead atoms. The maximum absolute atomic E-state index is 12.8. The van der Waals surface area contributed by atoms with Gasteiger partial charge in [-0.1, -0.05) is 0 Å². The van der Waals surface area contributed by atoms with Crippen LogP contribution < -0.4 is 10.2 Å². The monoisotopic (exact) mass is 263 g/mol. The summed E-state index contributed by atoms with van der Waals surface area (Å²) in [7, 11) is 3.47. The maximum atomic E-state index is 12.8. The highest BCUT2D eigenvalue weighted by Gasteiger charge is 2.41. The fourth-order valence-electron chi connectivity index (χ4n) is 2.64. The molecular weight excluding hydrogens is 242 g/mol. The van der Waals surface area contributed by atoms with Crippen LogP contribution in [0.5, 0.6) is 0 Å². The number of rotatable bonds is 4. The summed E-state index contributed by atoms with van der Waals surface area (Å²) in [6, 6.07) is 3.69. The first-order valence-electron chi connectivity index (χ1n) is 6.57. The summed E-state index contributed by atoms with van der Waals surface area (Å²) in [5.41, 5.74) is 0.465. The highest BCUT2D eigenvalue weighted by molar-refractivity contribution is 5.97. The van der Waals surface area contributed by atoms with Crippen molar-refractivity contribution in [1.29, 1.82) is 0 Å². The maximum Gasteiger partial charge on any atom is 0.235 e. The Morgan fingerprint density at radius 2 is 2.05 bits per heavy atom. The zero-order valence-corrected chi connectivity index (χ0v) is 11.6. The standard InChI is InChI=1S/C14H21N3O2/c1-17(12-3-7-15-8-4-12)13(18)14(11-19-2)5-9-16-10-6-14/h3-4,7-8,16H,5-6,9-11H2,1-2H3. The molecule has 1 N–H and O–H groups in total. The van der Waals surface area contributed by atoms with Gasteiger partial charge in [0.1, 0.15) is 0 Å². The molecule has 1 aliphatic rings. The molecule has 1 aromatic heterocycles. The van der Waals surface area contributed by atoms with Crippen molar-refractivity contribution in [3.05, 3.63) is 24.5 Å². The van der Waals surface area contributed by atoms with E-state index in [-0.39, 0.29) is 5.91 Å². The smallest absolute Gasteiger partial charge is 0.235 e. The third-order valence-corrected chi connectivity index (χ3v) is 3.79. The number of ether oxygens (including phenoxy) is 1. The van der Waals surface area contributed by atoms with Gasteiger partial charge in [-0.3, -0.25) is 9.78 Å². The number of aromatic nitrogens is 1. The summed E-state index contributed by atoms with van der Waals surface area (Å²) in [5, 5.41) is 3.30. The third kappa shape index (κ3) is 2.93. The molecular formula is C14H21N3O2. The van der Waals surface area contributed by atoms with Gasteiger partial charge in [-0.2, -0.15) is 0 Å². The molecule has 2 heterocycles. The number of methoxy groups -OCH3 is 1. The van der Waals surface area contributed by atoms with Gasteiger partial charge in [-0.15, -0.1) is 0 Å². The molecule has 104 valence electrons. The van der Waals surface area contributed by atoms with E-state index in [1.807, 2.05) is 19.2 Å². The lowest BCUT2D eigenvalue weighted by atomic mass is 9.78. The lowest BCUT2D eigenvalue weighted by molar-refractivity contribution is -0.133. The minimum Gasteiger partial charge on any atom is -0.384 e. The first kappa shape index (κ1) is 14.0. The molecule has 1 saturated heterocycles. The Hall–Kier alpha value is -1.46. The molecule has 0 atom stereocenters. The molecule has 0 unspecified atom stereocenters. The second-order valence-electron chi connectivity index (χ2n) is 5.03. The predicted molar refractivity (Wildman–Crippen MR) is 74.1 cm³/mol. The van der Waals surface area contributed by atoms with E-state index in [0.29, 0.717) is 6.61 Å². The Balaban J connectivity index is 2.19. The topological polar surface area (TPSA) is 54.5 Å². The average Bonchev–Trinajstić information content (AvgIpc) is 2.48. The SMILES string of the molecule is COCC1(C(=O)N(C)c2ccncc2)CCNCC1. The van der Waals surface area contributed by atoms with Crippen molar-refractivity contribution in [1.82, 2.24) is 10.3 Å². The van der Waals surface area contributed by atoms with Gasteiger partial charge in [0, 0.05) is 32.2 Å². The number of nitrogens with one attached hydrogen (secondary N) is 1. The van der Waals surface area contributed by atoms with Gasteiger partial charge in [0.2, 0.25) is 5.91 Å². The van der Waals surface area contributed by atoms with Crippen LogP contribution in [0.4, 0.5) is 5.69 Å². The fourth-order valence-corrected chi connectivity index (χ4v) is 2.64. The van der Waals surface area contributed by atoms with Gasteiger partial charge in [-0.25, -0.2) is 0 Å². The van der Waals surface area contributed by atoms with Crippen LogP contribution in [0.1, 0.15) is 12.8 Å². The molecule has 0 spiro atoms. The Morgan fingerprint density at radius 3 is 2.63 bits per heavy atom. The van der Waals surface area contributed by atoms with E-state index < -0.39 is 5.41 Å². The van der Waals surface area contributed by atoms with E-state index >= 15 is 0 Å². The van der Waals surface area contributed by atoms with Crippen molar-refractivity contribution in [3.8, 4) is 0 Å². The first-order chi connectivity index (χ1) is 9.19. The average molecular weight is 263 g/mol. The van der Waals surface area contributed by atoms with Crippen LogP contribution in [-0.4, -0.2) is 44.7 Å². The highest BCUT2D eigenvalue weighted by Crippen LogP contribution is 2.32. The van der Waals surface area contributed by atoms with E-state index in [0.717, 1.165) is 31.6 Å². The molecule has 0 saturated carbocycles. The Bertz CT molecular complexity index is 410. The second-order valence-corrected chi connectivity index (χ2v) is 5.03. The molecule has 1 amide bonds. The molecule has 19 heavy (non-hydrogen) atoms. The number of anilines is 1. The number of carbonyl (C=O) groups is 1. The summed E-state index contributed by atoms with van der Waals surface area (Å²) in [6.07, 6.45) is 5.03. The third-order valence-electron chi connectivity index (χ3n) is 3.79. The van der Waals surface area contributed by atoms with Crippen LogP contribution in [0, 0.1) is 5.41 Å². The van der Waals surface area contributed by atoms with Crippen LogP contribution in [0.15, 0.2) is 24.5 Å². The number of amides is 1. The normalized spacial score (nSPS) is 18.0. The van der Waals surface area contributed by atoms with E-state index in [1.165, 1.54) is 0 Å². The Labute approximate surface area is 114 Å². The van der Waals surface area contributed by atoms with Crippen molar-refractivity contribution in [2.75, 3.05) is 38.8 Å². The number of carbonyl (C=O) groups excluding carboxylic acids is 1. The molecule has 1 aromatic rings. The molecule has 0 aliphatic carbocycles. The number of hydrogen-bond acceptors (Lipinski definition) is 4. The first-order valence-corrected chi connectivity index (χ1v) is 6.57. The Morgan fingerprint density at radius 1 is 1.42 bits per heavy atom. The molecule has 5 nitrogen and oxygen atoms in total. The van der Waals surface area contributed by atoms with Gasteiger partial charge in [0.15, 0.2) is 0 Å². The van der Waals surface area contributed by atoms with Crippen LogP contribution in [-0.2, 0) is 9.53 Å². The van der Waals surface area contributed by atoms with Crippen LogP contribution in [0.25, 0.3) is 0 Å². The summed E-state index contributed by atoms with van der Waals surface area (Å²) in [6.45, 7) is 2.20. The van der Waals surface area contributed by atoms with Crippen molar-refractivity contribution in [3.63, 3.8) is 0 Å².